The zero-order chi connectivity index (χ0) is 17.1. The molecule has 0 saturated heterocycles. The highest BCUT2D eigenvalue weighted by Gasteiger charge is 2.09. The quantitative estimate of drug-likeness (QED) is 0.625. The molecule has 0 aliphatic rings. The van der Waals surface area contributed by atoms with Crippen molar-refractivity contribution in [3.63, 3.8) is 0 Å². The first-order valence-corrected chi connectivity index (χ1v) is 7.88. The van der Waals surface area contributed by atoms with E-state index in [1.54, 1.807) is 10.9 Å². The van der Waals surface area contributed by atoms with Crippen molar-refractivity contribution in [1.82, 2.24) is 25.1 Å². The maximum absolute atomic E-state index is 12.3. The van der Waals surface area contributed by atoms with E-state index in [0.717, 1.165) is 16.8 Å². The maximum Gasteiger partial charge on any atom is 0.271 e. The molecule has 2 heterocycles. The zero-order valence-electron chi connectivity index (χ0n) is 13.3. The van der Waals surface area contributed by atoms with Gasteiger partial charge in [0, 0.05) is 18.3 Å². The molecule has 0 bridgehead atoms. The molecule has 1 amide bonds. The Balaban J connectivity index is 1.45. The van der Waals surface area contributed by atoms with Crippen molar-refractivity contribution in [3.8, 4) is 5.69 Å². The van der Waals surface area contributed by atoms with Gasteiger partial charge in [0.2, 0.25) is 0 Å². The normalized spacial score (nSPS) is 10.7. The first-order valence-electron chi connectivity index (χ1n) is 7.88. The van der Waals surface area contributed by atoms with Crippen LogP contribution in [0.15, 0.2) is 73.2 Å². The number of aromatic nitrogens is 4. The van der Waals surface area contributed by atoms with Gasteiger partial charge in [0.1, 0.15) is 5.69 Å². The van der Waals surface area contributed by atoms with Crippen molar-refractivity contribution in [1.29, 1.82) is 0 Å². The van der Waals surface area contributed by atoms with Crippen LogP contribution in [0.1, 0.15) is 16.1 Å². The van der Waals surface area contributed by atoms with E-state index in [1.807, 2.05) is 60.8 Å². The van der Waals surface area contributed by atoms with Crippen molar-refractivity contribution in [2.24, 2.45) is 0 Å². The maximum atomic E-state index is 12.3. The molecule has 0 aliphatic carbocycles. The Labute approximate surface area is 144 Å². The van der Waals surface area contributed by atoms with Crippen LogP contribution in [0.5, 0.6) is 0 Å². The summed E-state index contributed by atoms with van der Waals surface area (Å²) in [4.78, 5) is 20.9. The molecule has 2 aromatic carbocycles. The highest BCUT2D eigenvalue weighted by Crippen LogP contribution is 2.10. The van der Waals surface area contributed by atoms with Crippen molar-refractivity contribution >= 4 is 16.9 Å². The molecule has 0 saturated carbocycles. The number of hydrogen-bond donors (Lipinski definition) is 1. The third-order valence-corrected chi connectivity index (χ3v) is 3.79. The van der Waals surface area contributed by atoms with E-state index in [9.17, 15) is 4.79 Å². The average Bonchev–Trinajstić information content (AvgIpc) is 3.15. The van der Waals surface area contributed by atoms with E-state index in [-0.39, 0.29) is 5.91 Å². The third kappa shape index (κ3) is 3.23. The summed E-state index contributed by atoms with van der Waals surface area (Å²) < 4.78 is 1.78. The van der Waals surface area contributed by atoms with Crippen molar-refractivity contribution in [3.05, 3.63) is 84.4 Å². The summed E-state index contributed by atoms with van der Waals surface area (Å²) in [6.45, 7) is 0.375. The van der Waals surface area contributed by atoms with Gasteiger partial charge in [-0.2, -0.15) is 5.10 Å². The third-order valence-electron chi connectivity index (χ3n) is 3.79. The fourth-order valence-corrected chi connectivity index (χ4v) is 2.51. The van der Waals surface area contributed by atoms with Crippen LogP contribution in [0.3, 0.4) is 0 Å². The molecule has 1 N–H and O–H groups in total. The second-order valence-corrected chi connectivity index (χ2v) is 5.56. The SMILES string of the molecule is O=C(NCc1cnn(-c2ccccc2)c1)c1cnc2ccccc2n1. The molecule has 0 spiro atoms. The fraction of sp³-hybridized carbons (Fsp3) is 0.0526. The molecule has 0 unspecified atom stereocenters. The Morgan fingerprint density at radius 1 is 0.960 bits per heavy atom. The predicted molar refractivity (Wildman–Crippen MR) is 94.3 cm³/mol. The Hall–Kier alpha value is -3.54. The van der Waals surface area contributed by atoms with Gasteiger partial charge < -0.3 is 5.32 Å². The van der Waals surface area contributed by atoms with Gasteiger partial charge in [-0.25, -0.2) is 9.67 Å². The Bertz CT molecular complexity index is 1030. The number of rotatable bonds is 4. The minimum absolute atomic E-state index is 0.259. The Morgan fingerprint density at radius 3 is 2.56 bits per heavy atom. The second kappa shape index (κ2) is 6.52. The number of carbonyl (C=O) groups excluding carboxylic acids is 1. The second-order valence-electron chi connectivity index (χ2n) is 5.56. The van der Waals surface area contributed by atoms with Crippen LogP contribution >= 0.6 is 0 Å². The molecule has 6 heteroatoms. The minimum atomic E-state index is -0.259. The van der Waals surface area contributed by atoms with Gasteiger partial charge in [-0.1, -0.05) is 30.3 Å². The van der Waals surface area contributed by atoms with Crippen LogP contribution in [-0.2, 0) is 6.54 Å². The molecule has 122 valence electrons. The minimum Gasteiger partial charge on any atom is -0.346 e. The van der Waals surface area contributed by atoms with Gasteiger partial charge >= 0.3 is 0 Å². The van der Waals surface area contributed by atoms with Gasteiger partial charge in [-0.15, -0.1) is 0 Å². The summed E-state index contributed by atoms with van der Waals surface area (Å²) >= 11 is 0. The largest absolute Gasteiger partial charge is 0.346 e. The molecular formula is C19H15N5O. The summed E-state index contributed by atoms with van der Waals surface area (Å²) in [6.07, 6.45) is 5.12. The summed E-state index contributed by atoms with van der Waals surface area (Å²) in [6, 6.07) is 17.3. The van der Waals surface area contributed by atoms with Crippen LogP contribution < -0.4 is 5.32 Å². The molecule has 25 heavy (non-hydrogen) atoms. The molecule has 4 rings (SSSR count). The van der Waals surface area contributed by atoms with Crippen molar-refractivity contribution in [2.45, 2.75) is 6.54 Å². The highest BCUT2D eigenvalue weighted by atomic mass is 16.1. The molecule has 6 nitrogen and oxygen atoms in total. The number of benzene rings is 2. The van der Waals surface area contributed by atoms with E-state index >= 15 is 0 Å². The lowest BCUT2D eigenvalue weighted by Gasteiger charge is -2.04. The lowest BCUT2D eigenvalue weighted by Crippen LogP contribution is -2.23. The zero-order valence-corrected chi connectivity index (χ0v) is 13.3. The molecule has 2 aromatic heterocycles. The molecule has 0 radical (unpaired) electrons. The van der Waals surface area contributed by atoms with E-state index in [4.69, 9.17) is 0 Å². The number of carbonyl (C=O) groups is 1. The van der Waals surface area contributed by atoms with Gasteiger partial charge in [-0.3, -0.25) is 9.78 Å². The number of hydrogen-bond acceptors (Lipinski definition) is 4. The first-order chi connectivity index (χ1) is 12.3. The first kappa shape index (κ1) is 15.0. The van der Waals surface area contributed by atoms with Gasteiger partial charge in [0.15, 0.2) is 0 Å². The van der Waals surface area contributed by atoms with E-state index in [2.05, 4.69) is 20.4 Å². The Morgan fingerprint density at radius 2 is 1.72 bits per heavy atom. The topological polar surface area (TPSA) is 72.7 Å². The number of amides is 1. The van der Waals surface area contributed by atoms with Gasteiger partial charge in [0.05, 0.1) is 29.1 Å². The van der Waals surface area contributed by atoms with E-state index < -0.39 is 0 Å². The summed E-state index contributed by atoms with van der Waals surface area (Å²) in [5.74, 6) is -0.259. The summed E-state index contributed by atoms with van der Waals surface area (Å²) in [7, 11) is 0. The standard InChI is InChI=1S/C19H15N5O/c25-19(18-12-20-16-8-4-5-9-17(16)23-18)21-10-14-11-22-24(13-14)15-6-2-1-3-7-15/h1-9,11-13H,10H2,(H,21,25). The summed E-state index contributed by atoms with van der Waals surface area (Å²) in [5.41, 5.74) is 3.65. The Kier molecular flexibility index (Phi) is 3.92. The lowest BCUT2D eigenvalue weighted by molar-refractivity contribution is 0.0946. The molecule has 4 aromatic rings. The van der Waals surface area contributed by atoms with Crippen LogP contribution in [0.4, 0.5) is 0 Å². The fourth-order valence-electron chi connectivity index (χ4n) is 2.51. The summed E-state index contributed by atoms with van der Waals surface area (Å²) in [5, 5.41) is 7.17. The average molecular weight is 329 g/mol. The molecule has 0 fully saturated rings. The monoisotopic (exact) mass is 329 g/mol. The number of para-hydroxylation sites is 3. The van der Waals surface area contributed by atoms with Crippen LogP contribution in [-0.4, -0.2) is 25.7 Å². The van der Waals surface area contributed by atoms with Crippen molar-refractivity contribution < 1.29 is 4.79 Å². The lowest BCUT2D eigenvalue weighted by atomic mass is 10.3. The predicted octanol–water partition coefficient (Wildman–Crippen LogP) is 2.75. The van der Waals surface area contributed by atoms with Crippen molar-refractivity contribution in [2.75, 3.05) is 0 Å². The number of nitrogens with zero attached hydrogens (tertiary/aromatic N) is 4. The highest BCUT2D eigenvalue weighted by molar-refractivity contribution is 5.93. The molecule has 0 aliphatic heterocycles. The van der Waals surface area contributed by atoms with Gasteiger partial charge in [-0.05, 0) is 24.3 Å². The van der Waals surface area contributed by atoms with Crippen LogP contribution in [0.25, 0.3) is 16.7 Å². The van der Waals surface area contributed by atoms with E-state index in [1.165, 1.54) is 6.20 Å². The number of nitrogens with one attached hydrogen (secondary N) is 1. The van der Waals surface area contributed by atoms with Crippen LogP contribution in [0.2, 0.25) is 0 Å². The van der Waals surface area contributed by atoms with E-state index in [0.29, 0.717) is 17.8 Å². The van der Waals surface area contributed by atoms with Gasteiger partial charge in [0.25, 0.3) is 5.91 Å². The molecular weight excluding hydrogens is 314 g/mol. The van der Waals surface area contributed by atoms with Crippen LogP contribution in [0, 0.1) is 0 Å². The smallest absolute Gasteiger partial charge is 0.271 e. The molecule has 0 atom stereocenters. The number of fused-ring (bicyclic) bond motifs is 1.